The molecular weight excluding hydrogens is 479 g/mol. The second-order valence-corrected chi connectivity index (χ2v) is 6.62. The molecule has 0 aromatic heterocycles. The molecule has 0 aliphatic carbocycles. The van der Waals surface area contributed by atoms with Crippen molar-refractivity contribution >= 4 is 35.8 Å². The predicted molar refractivity (Wildman–Crippen MR) is 132 cm³/mol. The zero-order valence-electron chi connectivity index (χ0n) is 18.5. The van der Waals surface area contributed by atoms with E-state index in [0.717, 1.165) is 69.3 Å². The fourth-order valence-electron chi connectivity index (χ4n) is 2.69. The Morgan fingerprint density at radius 1 is 1.00 bits per heavy atom. The zero-order chi connectivity index (χ0) is 20.6. The van der Waals surface area contributed by atoms with Crippen LogP contribution >= 0.6 is 24.0 Å². The van der Waals surface area contributed by atoms with E-state index in [0.29, 0.717) is 6.54 Å². The van der Waals surface area contributed by atoms with Crippen LogP contribution < -0.4 is 10.6 Å². The summed E-state index contributed by atoms with van der Waals surface area (Å²) in [6, 6.07) is 7.73. The van der Waals surface area contributed by atoms with E-state index < -0.39 is 0 Å². The van der Waals surface area contributed by atoms with Gasteiger partial charge in [0, 0.05) is 45.0 Å². The summed E-state index contributed by atoms with van der Waals surface area (Å²) in [6.45, 7) is 13.5. The van der Waals surface area contributed by atoms with Gasteiger partial charge in [0.2, 0.25) is 0 Å². The summed E-state index contributed by atoms with van der Waals surface area (Å²) < 4.78 is 5.58. The molecule has 1 amide bonds. The third kappa shape index (κ3) is 11.4. The van der Waals surface area contributed by atoms with Gasteiger partial charge in [0.1, 0.15) is 0 Å². The maximum atomic E-state index is 12.4. The number of unbranched alkanes of at least 4 members (excludes halogenated alkanes) is 1. The minimum atomic E-state index is 0. The Bertz CT molecular complexity index is 575. The second-order valence-electron chi connectivity index (χ2n) is 6.62. The summed E-state index contributed by atoms with van der Waals surface area (Å²) in [6.07, 6.45) is 3.24. The summed E-state index contributed by atoms with van der Waals surface area (Å²) >= 11 is 0. The molecular formula is C22H39IN4O2. The van der Waals surface area contributed by atoms with Gasteiger partial charge in [-0.25, -0.2) is 4.99 Å². The minimum Gasteiger partial charge on any atom is -0.381 e. The number of nitrogens with zero attached hydrogens (tertiary/aromatic N) is 2. The first-order valence-electron chi connectivity index (χ1n) is 10.6. The molecule has 7 heteroatoms. The molecule has 0 fully saturated rings. The number of aliphatic imine (C=N–C) groups is 1. The number of benzene rings is 1. The van der Waals surface area contributed by atoms with Crippen molar-refractivity contribution in [2.45, 2.75) is 53.5 Å². The van der Waals surface area contributed by atoms with Crippen LogP contribution in [0.2, 0.25) is 0 Å². The smallest absolute Gasteiger partial charge is 0.253 e. The van der Waals surface area contributed by atoms with Crippen LogP contribution in [0.3, 0.4) is 0 Å². The molecule has 29 heavy (non-hydrogen) atoms. The van der Waals surface area contributed by atoms with Gasteiger partial charge in [0.25, 0.3) is 5.91 Å². The summed E-state index contributed by atoms with van der Waals surface area (Å²) in [4.78, 5) is 18.8. The highest BCUT2D eigenvalue weighted by Crippen LogP contribution is 2.09. The number of ether oxygens (including phenoxy) is 1. The molecule has 1 aromatic carbocycles. The Morgan fingerprint density at radius 3 is 2.24 bits per heavy atom. The highest BCUT2D eigenvalue weighted by atomic mass is 127. The fourth-order valence-corrected chi connectivity index (χ4v) is 2.69. The second kappa shape index (κ2) is 17.5. The van der Waals surface area contributed by atoms with Crippen molar-refractivity contribution in [3.8, 4) is 0 Å². The van der Waals surface area contributed by atoms with E-state index in [1.54, 1.807) is 0 Å². The average molecular weight is 518 g/mol. The van der Waals surface area contributed by atoms with E-state index in [4.69, 9.17) is 4.74 Å². The Balaban J connectivity index is 0.00000784. The van der Waals surface area contributed by atoms with Crippen LogP contribution in [0.25, 0.3) is 0 Å². The lowest BCUT2D eigenvalue weighted by molar-refractivity contribution is 0.0773. The van der Waals surface area contributed by atoms with Gasteiger partial charge >= 0.3 is 0 Å². The Kier molecular flexibility index (Phi) is 16.7. The number of hydrogen-bond donors (Lipinski definition) is 2. The quantitative estimate of drug-likeness (QED) is 0.179. The summed E-state index contributed by atoms with van der Waals surface area (Å²) in [5, 5.41) is 6.60. The van der Waals surface area contributed by atoms with Crippen LogP contribution in [-0.4, -0.2) is 56.2 Å². The molecule has 0 bridgehead atoms. The third-order valence-corrected chi connectivity index (χ3v) is 4.42. The molecule has 0 unspecified atom stereocenters. The van der Waals surface area contributed by atoms with Crippen LogP contribution in [0.4, 0.5) is 0 Å². The lowest BCUT2D eigenvalue weighted by Gasteiger charge is -2.18. The van der Waals surface area contributed by atoms with Crippen molar-refractivity contribution in [1.82, 2.24) is 15.5 Å². The Labute approximate surface area is 193 Å². The number of carbonyl (C=O) groups excluding carboxylic acids is 1. The normalized spacial score (nSPS) is 11.0. The monoisotopic (exact) mass is 518 g/mol. The third-order valence-electron chi connectivity index (χ3n) is 4.42. The van der Waals surface area contributed by atoms with Crippen LogP contribution in [0.15, 0.2) is 29.3 Å². The highest BCUT2D eigenvalue weighted by molar-refractivity contribution is 14.0. The maximum absolute atomic E-state index is 12.4. The molecule has 0 heterocycles. The number of carbonyl (C=O) groups is 1. The maximum Gasteiger partial charge on any atom is 0.253 e. The van der Waals surface area contributed by atoms with Crippen LogP contribution in [-0.2, 0) is 11.3 Å². The van der Waals surface area contributed by atoms with E-state index in [9.17, 15) is 4.79 Å². The molecule has 0 atom stereocenters. The molecule has 0 spiro atoms. The van der Waals surface area contributed by atoms with E-state index >= 15 is 0 Å². The lowest BCUT2D eigenvalue weighted by atomic mass is 10.1. The van der Waals surface area contributed by atoms with Gasteiger partial charge in [0.15, 0.2) is 5.96 Å². The fraction of sp³-hybridized carbons (Fsp3) is 0.636. The first-order chi connectivity index (χ1) is 13.7. The number of nitrogens with one attached hydrogen (secondary N) is 2. The number of halogens is 1. The van der Waals surface area contributed by atoms with E-state index in [2.05, 4.69) is 29.5 Å². The number of hydrogen-bond acceptors (Lipinski definition) is 3. The van der Waals surface area contributed by atoms with E-state index in [-0.39, 0.29) is 29.9 Å². The molecule has 2 N–H and O–H groups in total. The number of amides is 1. The summed E-state index contributed by atoms with van der Waals surface area (Å²) in [7, 11) is 0. The van der Waals surface area contributed by atoms with Gasteiger partial charge in [-0.3, -0.25) is 4.79 Å². The van der Waals surface area contributed by atoms with Crippen molar-refractivity contribution in [3.63, 3.8) is 0 Å². The van der Waals surface area contributed by atoms with Crippen molar-refractivity contribution in [2.75, 3.05) is 39.4 Å². The van der Waals surface area contributed by atoms with Gasteiger partial charge < -0.3 is 20.3 Å². The molecule has 1 aromatic rings. The molecule has 0 radical (unpaired) electrons. The summed E-state index contributed by atoms with van der Waals surface area (Å²) in [5.74, 6) is 0.885. The topological polar surface area (TPSA) is 66.0 Å². The van der Waals surface area contributed by atoms with Crippen molar-refractivity contribution in [2.24, 2.45) is 4.99 Å². The first-order valence-corrected chi connectivity index (χ1v) is 10.6. The zero-order valence-corrected chi connectivity index (χ0v) is 20.8. The van der Waals surface area contributed by atoms with Gasteiger partial charge in [-0.1, -0.05) is 25.5 Å². The Morgan fingerprint density at radius 2 is 1.66 bits per heavy atom. The number of guanidine groups is 1. The summed E-state index contributed by atoms with van der Waals surface area (Å²) in [5.41, 5.74) is 1.81. The largest absolute Gasteiger partial charge is 0.381 e. The van der Waals surface area contributed by atoms with Crippen molar-refractivity contribution < 1.29 is 9.53 Å². The molecule has 0 saturated carbocycles. The Hall–Kier alpha value is -1.35. The van der Waals surface area contributed by atoms with Crippen LogP contribution in [0.5, 0.6) is 0 Å². The highest BCUT2D eigenvalue weighted by Gasteiger charge is 2.11. The minimum absolute atomic E-state index is 0. The molecule has 0 aliphatic rings. The SMILES string of the molecule is CCCCOCCCNC(=NCc1ccc(C(=O)N(CC)CC)cc1)NCC.I. The van der Waals surface area contributed by atoms with E-state index in [1.807, 2.05) is 43.0 Å². The first kappa shape index (κ1) is 27.6. The molecule has 6 nitrogen and oxygen atoms in total. The van der Waals surface area contributed by atoms with Crippen LogP contribution in [0.1, 0.15) is 62.9 Å². The van der Waals surface area contributed by atoms with E-state index in [1.165, 1.54) is 6.42 Å². The van der Waals surface area contributed by atoms with Crippen molar-refractivity contribution in [1.29, 1.82) is 0 Å². The molecule has 1 rings (SSSR count). The van der Waals surface area contributed by atoms with Gasteiger partial charge in [-0.05, 0) is 51.3 Å². The molecule has 166 valence electrons. The van der Waals surface area contributed by atoms with Gasteiger partial charge in [-0.2, -0.15) is 0 Å². The molecule has 0 saturated heterocycles. The average Bonchev–Trinajstić information content (AvgIpc) is 2.72. The number of rotatable bonds is 13. The standard InChI is InChI=1S/C22H38N4O2.HI/c1-5-9-16-28-17-10-15-24-22(23-6-2)25-18-19-11-13-20(14-12-19)21(27)26(7-3)8-4;/h11-14H,5-10,15-18H2,1-4H3,(H2,23,24,25);1H. The lowest BCUT2D eigenvalue weighted by Crippen LogP contribution is -2.38. The predicted octanol–water partition coefficient (Wildman–Crippen LogP) is 4.05. The van der Waals surface area contributed by atoms with Crippen molar-refractivity contribution in [3.05, 3.63) is 35.4 Å². The van der Waals surface area contributed by atoms with Gasteiger partial charge in [0.05, 0.1) is 6.54 Å². The van der Waals surface area contributed by atoms with Gasteiger partial charge in [-0.15, -0.1) is 24.0 Å². The van der Waals surface area contributed by atoms with Crippen LogP contribution in [0, 0.1) is 0 Å². The molecule has 0 aliphatic heterocycles.